The minimum absolute atomic E-state index is 0.102. The van der Waals surface area contributed by atoms with Crippen molar-refractivity contribution in [3.63, 3.8) is 0 Å². The molecule has 0 saturated heterocycles. The van der Waals surface area contributed by atoms with E-state index >= 15 is 0 Å². The number of hydrogen-bond acceptors (Lipinski definition) is 9. The largest absolute Gasteiger partial charge is 0.444 e. The maximum Gasteiger partial charge on any atom is 0.407 e. The van der Waals surface area contributed by atoms with Crippen LogP contribution in [-0.4, -0.2) is 58.8 Å². The number of thiazole rings is 2. The van der Waals surface area contributed by atoms with Gasteiger partial charge >= 0.3 is 12.2 Å². The molecule has 29 heavy (non-hydrogen) atoms. The number of rotatable bonds is 11. The Kier molecular flexibility index (Phi) is 9.81. The van der Waals surface area contributed by atoms with E-state index in [2.05, 4.69) is 25.5 Å². The van der Waals surface area contributed by atoms with Crippen molar-refractivity contribution in [3.8, 4) is 0 Å². The van der Waals surface area contributed by atoms with Crippen LogP contribution in [0.3, 0.4) is 0 Å². The molecular weight excluding hydrogens is 414 g/mol. The van der Waals surface area contributed by atoms with E-state index in [4.69, 9.17) is 9.47 Å². The summed E-state index contributed by atoms with van der Waals surface area (Å²) in [5.74, 6) is 0. The van der Waals surface area contributed by atoms with E-state index in [-0.39, 0.29) is 25.3 Å². The molecule has 0 aromatic carbocycles. The summed E-state index contributed by atoms with van der Waals surface area (Å²) in [6.45, 7) is 8.34. The molecule has 160 valence electrons. The van der Waals surface area contributed by atoms with Gasteiger partial charge in [0.1, 0.15) is 13.2 Å². The van der Waals surface area contributed by atoms with Crippen LogP contribution in [-0.2, 0) is 22.7 Å². The SMILES string of the molecule is CCN(C[C@@H](C)NC(=O)OCc1cncs1)C[C@H](C)NC(=O)OCc1cncs1. The molecule has 0 aliphatic heterocycles. The van der Waals surface area contributed by atoms with E-state index in [0.29, 0.717) is 13.1 Å². The van der Waals surface area contributed by atoms with Crippen molar-refractivity contribution < 1.29 is 19.1 Å². The Hall–Kier alpha value is -2.24. The standard InChI is InChI=1S/C18H27N5O4S2/c1-4-23(7-13(2)21-17(24)26-9-15-5-19-11-28-15)8-14(3)22-18(25)27-10-16-6-20-12-29-16/h5-6,11-14H,4,7-10H2,1-3H3,(H,21,24)(H,22,25)/t13-,14+. The lowest BCUT2D eigenvalue weighted by molar-refractivity contribution is 0.130. The van der Waals surface area contributed by atoms with Crippen molar-refractivity contribution in [2.75, 3.05) is 19.6 Å². The van der Waals surface area contributed by atoms with Gasteiger partial charge in [-0.05, 0) is 20.4 Å². The maximum atomic E-state index is 11.9. The third-order valence-electron chi connectivity index (χ3n) is 3.90. The van der Waals surface area contributed by atoms with Crippen LogP contribution in [0.4, 0.5) is 9.59 Å². The summed E-state index contributed by atoms with van der Waals surface area (Å²) < 4.78 is 10.4. The van der Waals surface area contributed by atoms with Gasteiger partial charge in [-0.15, -0.1) is 22.7 Å². The van der Waals surface area contributed by atoms with E-state index in [1.54, 1.807) is 23.4 Å². The molecular formula is C18H27N5O4S2. The Labute approximate surface area is 178 Å². The predicted octanol–water partition coefficient (Wildman–Crippen LogP) is 2.85. The zero-order valence-electron chi connectivity index (χ0n) is 16.8. The summed E-state index contributed by atoms with van der Waals surface area (Å²) in [5, 5.41) is 5.64. The molecule has 0 spiro atoms. The summed E-state index contributed by atoms with van der Waals surface area (Å²) in [4.78, 5) is 35.6. The van der Waals surface area contributed by atoms with E-state index < -0.39 is 12.2 Å². The first-order chi connectivity index (χ1) is 14.0. The number of carbonyl (C=O) groups is 2. The molecule has 2 amide bonds. The molecule has 0 fully saturated rings. The Morgan fingerprint density at radius 1 is 0.966 bits per heavy atom. The topological polar surface area (TPSA) is 106 Å². The fourth-order valence-electron chi connectivity index (χ4n) is 2.58. The number of carbonyl (C=O) groups excluding carboxylic acids is 2. The lowest BCUT2D eigenvalue weighted by atomic mass is 10.2. The Balaban J connectivity index is 1.65. The molecule has 2 N–H and O–H groups in total. The number of nitrogens with one attached hydrogen (secondary N) is 2. The van der Waals surface area contributed by atoms with E-state index in [1.165, 1.54) is 22.7 Å². The van der Waals surface area contributed by atoms with Crippen LogP contribution in [0.1, 0.15) is 30.5 Å². The second kappa shape index (κ2) is 12.3. The van der Waals surface area contributed by atoms with Crippen LogP contribution in [0.15, 0.2) is 23.4 Å². The molecule has 0 bridgehead atoms. The van der Waals surface area contributed by atoms with Crippen LogP contribution < -0.4 is 10.6 Å². The minimum Gasteiger partial charge on any atom is -0.444 e. The number of hydrogen-bond donors (Lipinski definition) is 2. The smallest absolute Gasteiger partial charge is 0.407 e. The van der Waals surface area contributed by atoms with Gasteiger partial charge in [-0.1, -0.05) is 6.92 Å². The van der Waals surface area contributed by atoms with Gasteiger partial charge in [-0.3, -0.25) is 14.9 Å². The van der Waals surface area contributed by atoms with Gasteiger partial charge in [0.25, 0.3) is 0 Å². The number of amides is 2. The molecule has 0 radical (unpaired) electrons. The Morgan fingerprint density at radius 2 is 1.41 bits per heavy atom. The molecule has 0 aliphatic carbocycles. The van der Waals surface area contributed by atoms with Crippen LogP contribution >= 0.6 is 22.7 Å². The second-order valence-electron chi connectivity index (χ2n) is 6.53. The average Bonchev–Trinajstić information content (AvgIpc) is 3.37. The number of nitrogens with zero attached hydrogens (tertiary/aromatic N) is 3. The lowest BCUT2D eigenvalue weighted by Crippen LogP contribution is -2.47. The van der Waals surface area contributed by atoms with Gasteiger partial charge in [-0.25, -0.2) is 9.59 Å². The maximum absolute atomic E-state index is 11.9. The normalized spacial score (nSPS) is 13.0. The van der Waals surface area contributed by atoms with Gasteiger partial charge in [0.05, 0.1) is 20.8 Å². The monoisotopic (exact) mass is 441 g/mol. The van der Waals surface area contributed by atoms with Crippen LogP contribution in [0.5, 0.6) is 0 Å². The summed E-state index contributed by atoms with van der Waals surface area (Å²) in [6.07, 6.45) is 2.44. The van der Waals surface area contributed by atoms with Gasteiger partial charge in [0, 0.05) is 37.6 Å². The van der Waals surface area contributed by atoms with E-state index in [1.807, 2.05) is 20.8 Å². The van der Waals surface area contributed by atoms with Gasteiger partial charge < -0.3 is 20.1 Å². The van der Waals surface area contributed by atoms with Crippen molar-refractivity contribution in [1.29, 1.82) is 0 Å². The first kappa shape index (κ1) is 23.0. The van der Waals surface area contributed by atoms with Crippen molar-refractivity contribution in [1.82, 2.24) is 25.5 Å². The summed E-state index contributed by atoms with van der Waals surface area (Å²) in [5.41, 5.74) is 3.39. The second-order valence-corrected chi connectivity index (χ2v) is 8.47. The summed E-state index contributed by atoms with van der Waals surface area (Å²) in [7, 11) is 0. The number of likely N-dealkylation sites (N-methyl/N-ethyl adjacent to an activating group) is 1. The lowest BCUT2D eigenvalue weighted by Gasteiger charge is -2.27. The fourth-order valence-corrected chi connectivity index (χ4v) is 3.60. The van der Waals surface area contributed by atoms with E-state index in [9.17, 15) is 9.59 Å². The molecule has 0 saturated carbocycles. The quantitative estimate of drug-likeness (QED) is 0.552. The van der Waals surface area contributed by atoms with Gasteiger partial charge in [-0.2, -0.15) is 0 Å². The highest BCUT2D eigenvalue weighted by Gasteiger charge is 2.16. The minimum atomic E-state index is -0.459. The third kappa shape index (κ3) is 9.20. The molecule has 0 unspecified atom stereocenters. The van der Waals surface area contributed by atoms with E-state index in [0.717, 1.165) is 16.3 Å². The molecule has 2 aromatic heterocycles. The van der Waals surface area contributed by atoms with Crippen LogP contribution in [0.25, 0.3) is 0 Å². The summed E-state index contributed by atoms with van der Waals surface area (Å²) >= 11 is 2.88. The third-order valence-corrected chi connectivity index (χ3v) is 5.40. The number of ether oxygens (including phenoxy) is 2. The highest BCUT2D eigenvalue weighted by atomic mass is 32.1. The highest BCUT2D eigenvalue weighted by molar-refractivity contribution is 7.09. The summed E-state index contributed by atoms with van der Waals surface area (Å²) in [6, 6.07) is -0.205. The molecule has 11 heteroatoms. The van der Waals surface area contributed by atoms with Crippen molar-refractivity contribution in [3.05, 3.63) is 33.2 Å². The predicted molar refractivity (Wildman–Crippen MR) is 112 cm³/mol. The Morgan fingerprint density at radius 3 is 1.76 bits per heavy atom. The molecule has 2 heterocycles. The fraction of sp³-hybridized carbons (Fsp3) is 0.556. The van der Waals surface area contributed by atoms with Crippen LogP contribution in [0.2, 0.25) is 0 Å². The van der Waals surface area contributed by atoms with Crippen LogP contribution in [0, 0.1) is 0 Å². The zero-order valence-corrected chi connectivity index (χ0v) is 18.4. The van der Waals surface area contributed by atoms with Crippen molar-refractivity contribution in [2.45, 2.75) is 46.1 Å². The molecule has 2 rings (SSSR count). The highest BCUT2D eigenvalue weighted by Crippen LogP contribution is 2.08. The first-order valence-corrected chi connectivity index (χ1v) is 11.1. The molecule has 0 aliphatic rings. The number of alkyl carbamates (subject to hydrolysis) is 2. The number of aromatic nitrogens is 2. The first-order valence-electron chi connectivity index (χ1n) is 9.30. The molecule has 9 nitrogen and oxygen atoms in total. The zero-order chi connectivity index (χ0) is 21.1. The average molecular weight is 442 g/mol. The van der Waals surface area contributed by atoms with Crippen molar-refractivity contribution in [2.24, 2.45) is 0 Å². The molecule has 2 atom stereocenters. The van der Waals surface area contributed by atoms with Crippen molar-refractivity contribution >= 4 is 34.9 Å². The molecule has 2 aromatic rings. The van der Waals surface area contributed by atoms with Gasteiger partial charge in [0.15, 0.2) is 0 Å². The van der Waals surface area contributed by atoms with Gasteiger partial charge in [0.2, 0.25) is 0 Å². The Bertz CT molecular complexity index is 666.